The van der Waals surface area contributed by atoms with E-state index in [-0.39, 0.29) is 5.92 Å². The van der Waals surface area contributed by atoms with E-state index in [2.05, 4.69) is 14.9 Å². The zero-order valence-electron chi connectivity index (χ0n) is 18.1. The summed E-state index contributed by atoms with van der Waals surface area (Å²) >= 11 is 0. The number of aliphatic hydroxyl groups is 1. The highest BCUT2D eigenvalue weighted by Crippen LogP contribution is 2.50. The molecule has 0 radical (unpaired) electrons. The summed E-state index contributed by atoms with van der Waals surface area (Å²) in [5.41, 5.74) is -0.170. The van der Waals surface area contributed by atoms with Crippen molar-refractivity contribution in [2.24, 2.45) is 17.8 Å². The Kier molecular flexibility index (Phi) is 6.60. The molecule has 1 saturated heterocycles. The average Bonchev–Trinajstić information content (AvgIpc) is 3.14. The Labute approximate surface area is 175 Å². The van der Waals surface area contributed by atoms with E-state index in [0.717, 1.165) is 37.4 Å². The number of hydrogen-bond acceptors (Lipinski definition) is 6. The number of hydrogen-bond donors (Lipinski definition) is 1. The molecule has 3 atom stereocenters. The molecule has 6 nitrogen and oxygen atoms in total. The van der Waals surface area contributed by atoms with Gasteiger partial charge in [-0.25, -0.2) is 4.98 Å². The Morgan fingerprint density at radius 1 is 1.07 bits per heavy atom. The van der Waals surface area contributed by atoms with Crippen molar-refractivity contribution in [3.8, 4) is 11.9 Å². The second-order valence-corrected chi connectivity index (χ2v) is 9.14. The van der Waals surface area contributed by atoms with Crippen LogP contribution in [-0.4, -0.2) is 52.8 Å². The molecule has 0 amide bonds. The van der Waals surface area contributed by atoms with Gasteiger partial charge in [-0.15, -0.1) is 0 Å². The van der Waals surface area contributed by atoms with Gasteiger partial charge in [-0.05, 0) is 57.8 Å². The molecule has 29 heavy (non-hydrogen) atoms. The van der Waals surface area contributed by atoms with Crippen LogP contribution in [0, 0.1) is 17.8 Å². The average molecular weight is 404 g/mol. The molecule has 1 N–H and O–H groups in total. The number of nitrogens with zero attached hydrogens (tertiary/aromatic N) is 3. The van der Waals surface area contributed by atoms with Gasteiger partial charge < -0.3 is 19.5 Å². The van der Waals surface area contributed by atoms with E-state index in [1.807, 2.05) is 13.8 Å². The van der Waals surface area contributed by atoms with Crippen molar-refractivity contribution >= 4 is 0 Å². The van der Waals surface area contributed by atoms with Crippen molar-refractivity contribution in [1.29, 1.82) is 0 Å². The van der Waals surface area contributed by atoms with Crippen molar-refractivity contribution < 1.29 is 14.6 Å². The van der Waals surface area contributed by atoms with Crippen LogP contribution >= 0.6 is 0 Å². The fraction of sp³-hybridized carbons (Fsp3) is 0.826. The number of fused-ring (bicyclic) bond motifs is 1. The molecule has 1 aromatic rings. The molecule has 6 heteroatoms. The minimum Gasteiger partial charge on any atom is -0.478 e. The minimum atomic E-state index is -0.917. The zero-order valence-corrected chi connectivity index (χ0v) is 18.1. The van der Waals surface area contributed by atoms with Crippen LogP contribution in [-0.2, 0) is 5.60 Å². The maximum Gasteiger partial charge on any atom is 0.319 e. The lowest BCUT2D eigenvalue weighted by Crippen LogP contribution is -2.43. The summed E-state index contributed by atoms with van der Waals surface area (Å²) in [5.74, 6) is 2.09. The molecule has 162 valence electrons. The molecule has 0 aromatic carbocycles. The number of rotatable bonds is 7. The van der Waals surface area contributed by atoms with Crippen molar-refractivity contribution in [2.45, 2.75) is 70.8 Å². The molecule has 2 aliphatic carbocycles. The number of ether oxygens (including phenoxy) is 2. The largest absolute Gasteiger partial charge is 0.478 e. The Morgan fingerprint density at radius 3 is 2.62 bits per heavy atom. The third-order valence-corrected chi connectivity index (χ3v) is 7.26. The highest BCUT2D eigenvalue weighted by atomic mass is 16.5. The van der Waals surface area contributed by atoms with Crippen LogP contribution in [0.4, 0.5) is 0 Å². The molecule has 3 fully saturated rings. The van der Waals surface area contributed by atoms with Crippen LogP contribution < -0.4 is 9.47 Å². The quantitative estimate of drug-likeness (QED) is 0.747. The van der Waals surface area contributed by atoms with Crippen molar-refractivity contribution in [3.63, 3.8) is 0 Å². The van der Waals surface area contributed by atoms with E-state index < -0.39 is 5.60 Å². The molecular weight excluding hydrogens is 366 g/mol. The molecule has 2 heterocycles. The molecule has 1 aliphatic heterocycles. The van der Waals surface area contributed by atoms with Gasteiger partial charge in [-0.3, -0.25) is 0 Å². The van der Waals surface area contributed by atoms with E-state index in [0.29, 0.717) is 31.0 Å². The van der Waals surface area contributed by atoms with Crippen LogP contribution in [0.25, 0.3) is 0 Å². The fourth-order valence-electron chi connectivity index (χ4n) is 5.92. The monoisotopic (exact) mass is 403 g/mol. The van der Waals surface area contributed by atoms with Gasteiger partial charge in [-0.2, -0.15) is 4.98 Å². The van der Waals surface area contributed by atoms with Gasteiger partial charge in [0.1, 0.15) is 5.60 Å². The molecular formula is C23H37N3O3. The lowest BCUT2D eigenvalue weighted by atomic mass is 9.68. The fourth-order valence-corrected chi connectivity index (χ4v) is 5.92. The Morgan fingerprint density at radius 2 is 1.86 bits per heavy atom. The summed E-state index contributed by atoms with van der Waals surface area (Å²) in [6.07, 6.45) is 11.7. The maximum atomic E-state index is 11.9. The summed E-state index contributed by atoms with van der Waals surface area (Å²) in [7, 11) is 0. The molecule has 1 aromatic heterocycles. The first-order valence-electron chi connectivity index (χ1n) is 11.7. The second-order valence-electron chi connectivity index (χ2n) is 9.14. The van der Waals surface area contributed by atoms with Crippen molar-refractivity contribution in [2.75, 3.05) is 32.8 Å². The summed E-state index contributed by atoms with van der Waals surface area (Å²) in [6, 6.07) is 0.320. The second kappa shape index (κ2) is 9.17. The summed E-state index contributed by atoms with van der Waals surface area (Å²) in [5, 5.41) is 11.9. The lowest BCUT2D eigenvalue weighted by Gasteiger charge is -2.41. The van der Waals surface area contributed by atoms with Crippen LogP contribution in [0.2, 0.25) is 0 Å². The van der Waals surface area contributed by atoms with Gasteiger partial charge >= 0.3 is 6.01 Å². The van der Waals surface area contributed by atoms with E-state index in [4.69, 9.17) is 9.47 Å². The smallest absolute Gasteiger partial charge is 0.319 e. The topological polar surface area (TPSA) is 67.7 Å². The van der Waals surface area contributed by atoms with Crippen LogP contribution in [0.5, 0.6) is 11.9 Å². The van der Waals surface area contributed by atoms with Crippen LogP contribution in [0.1, 0.15) is 70.8 Å². The van der Waals surface area contributed by atoms with Crippen molar-refractivity contribution in [3.05, 3.63) is 11.8 Å². The zero-order chi connectivity index (χ0) is 20.3. The van der Waals surface area contributed by atoms with Crippen LogP contribution in [0.3, 0.4) is 0 Å². The third kappa shape index (κ3) is 4.38. The van der Waals surface area contributed by atoms with E-state index in [1.54, 1.807) is 6.20 Å². The molecule has 0 bridgehead atoms. The first-order valence-corrected chi connectivity index (χ1v) is 11.7. The Bertz CT molecular complexity index is 679. The van der Waals surface area contributed by atoms with Gasteiger partial charge in [0, 0.05) is 31.7 Å². The first-order chi connectivity index (χ1) is 14.1. The molecule has 0 spiro atoms. The predicted molar refractivity (Wildman–Crippen MR) is 112 cm³/mol. The Hall–Kier alpha value is -1.40. The predicted octanol–water partition coefficient (Wildman–Crippen LogP) is 3.77. The highest BCUT2D eigenvalue weighted by Gasteiger charge is 2.51. The van der Waals surface area contributed by atoms with Gasteiger partial charge in [-0.1, -0.05) is 19.3 Å². The molecule has 3 aliphatic rings. The van der Waals surface area contributed by atoms with E-state index in [9.17, 15) is 5.11 Å². The third-order valence-electron chi connectivity index (χ3n) is 7.26. The van der Waals surface area contributed by atoms with E-state index in [1.165, 1.54) is 45.1 Å². The summed E-state index contributed by atoms with van der Waals surface area (Å²) < 4.78 is 11.3. The van der Waals surface area contributed by atoms with Gasteiger partial charge in [0.15, 0.2) is 0 Å². The summed E-state index contributed by atoms with van der Waals surface area (Å²) in [4.78, 5) is 11.5. The molecule has 2 saturated carbocycles. The van der Waals surface area contributed by atoms with Gasteiger partial charge in [0.25, 0.3) is 0 Å². The van der Waals surface area contributed by atoms with Gasteiger partial charge in [0.05, 0.1) is 18.8 Å². The normalized spacial score (nSPS) is 30.9. The first kappa shape index (κ1) is 20.9. The molecule has 4 rings (SSSR count). The lowest BCUT2D eigenvalue weighted by molar-refractivity contribution is -0.0672. The maximum absolute atomic E-state index is 11.9. The van der Waals surface area contributed by atoms with Crippen LogP contribution in [0.15, 0.2) is 6.20 Å². The molecule has 3 unspecified atom stereocenters. The highest BCUT2D eigenvalue weighted by molar-refractivity contribution is 5.33. The van der Waals surface area contributed by atoms with E-state index >= 15 is 0 Å². The standard InChI is InChI=1S/C23H37N3O3/c1-3-28-21-19(13-24-22(25-21)29-4-2)23(27)12-8-11-18-15-26(16-20(18)23)14-17-9-6-5-7-10-17/h13,17-18,20,27H,3-12,14-16H2,1-2H3. The van der Waals surface area contributed by atoms with Gasteiger partial charge in [0.2, 0.25) is 5.88 Å². The summed E-state index contributed by atoms with van der Waals surface area (Å²) in [6.45, 7) is 8.16. The number of aromatic nitrogens is 2. The van der Waals surface area contributed by atoms with Crippen molar-refractivity contribution in [1.82, 2.24) is 14.9 Å². The SMILES string of the molecule is CCOc1ncc(C2(O)CCCC3CN(CC4CCCCC4)CC32)c(OCC)n1. The number of likely N-dealkylation sites (tertiary alicyclic amines) is 1. The Balaban J connectivity index is 1.55. The minimum absolute atomic E-state index is 0.223.